The SMILES string of the molecule is COc1cc(C(=O)N2CCN(C)C[C@@H]2c2ccccc2)ccc1OCC(=O)Nc1ccc(F)cc1. The van der Waals surface area contributed by atoms with Crippen molar-refractivity contribution in [2.24, 2.45) is 0 Å². The summed E-state index contributed by atoms with van der Waals surface area (Å²) in [6.07, 6.45) is 0. The molecular weight excluding hydrogens is 449 g/mol. The Labute approximate surface area is 204 Å². The van der Waals surface area contributed by atoms with Crippen molar-refractivity contribution in [3.8, 4) is 11.5 Å². The van der Waals surface area contributed by atoms with E-state index in [4.69, 9.17) is 9.47 Å². The number of anilines is 1. The van der Waals surface area contributed by atoms with Gasteiger partial charge < -0.3 is 24.6 Å². The molecule has 1 fully saturated rings. The third-order valence-electron chi connectivity index (χ3n) is 5.93. The van der Waals surface area contributed by atoms with E-state index in [0.717, 1.165) is 18.7 Å². The van der Waals surface area contributed by atoms with E-state index in [1.54, 1.807) is 18.2 Å². The molecule has 0 saturated carbocycles. The summed E-state index contributed by atoms with van der Waals surface area (Å²) >= 11 is 0. The van der Waals surface area contributed by atoms with Gasteiger partial charge in [-0.25, -0.2) is 4.39 Å². The summed E-state index contributed by atoms with van der Waals surface area (Å²) in [4.78, 5) is 29.8. The van der Waals surface area contributed by atoms with E-state index in [-0.39, 0.29) is 24.4 Å². The van der Waals surface area contributed by atoms with Crippen LogP contribution in [0.3, 0.4) is 0 Å². The summed E-state index contributed by atoms with van der Waals surface area (Å²) in [5.41, 5.74) is 2.04. The van der Waals surface area contributed by atoms with E-state index in [9.17, 15) is 14.0 Å². The van der Waals surface area contributed by atoms with E-state index in [1.165, 1.54) is 31.4 Å². The second-order valence-corrected chi connectivity index (χ2v) is 8.40. The van der Waals surface area contributed by atoms with Crippen LogP contribution in [0.1, 0.15) is 22.0 Å². The standard InChI is InChI=1S/C27H28FN3O4/c1-30-14-15-31(23(17-30)19-6-4-3-5-7-19)27(33)20-8-13-24(25(16-20)34-2)35-18-26(32)29-22-11-9-21(28)10-12-22/h3-13,16,23H,14-15,17-18H2,1-2H3,(H,29,32)/t23-/m1/s1. The highest BCUT2D eigenvalue weighted by atomic mass is 19.1. The van der Waals surface area contributed by atoms with Crippen molar-refractivity contribution < 1.29 is 23.5 Å². The number of carbonyl (C=O) groups is 2. The molecule has 3 aromatic rings. The van der Waals surface area contributed by atoms with Crippen molar-refractivity contribution >= 4 is 17.5 Å². The topological polar surface area (TPSA) is 71.1 Å². The van der Waals surface area contributed by atoms with Crippen LogP contribution in [0.15, 0.2) is 72.8 Å². The number of hydrogen-bond donors (Lipinski definition) is 1. The van der Waals surface area contributed by atoms with Crippen LogP contribution < -0.4 is 14.8 Å². The van der Waals surface area contributed by atoms with E-state index in [0.29, 0.717) is 29.3 Å². The predicted molar refractivity (Wildman–Crippen MR) is 131 cm³/mol. The van der Waals surface area contributed by atoms with Crippen molar-refractivity contribution in [3.05, 3.63) is 89.7 Å². The molecule has 8 heteroatoms. The van der Waals surface area contributed by atoms with Gasteiger partial charge in [-0.15, -0.1) is 0 Å². The van der Waals surface area contributed by atoms with Gasteiger partial charge >= 0.3 is 0 Å². The smallest absolute Gasteiger partial charge is 0.262 e. The Morgan fingerprint density at radius 3 is 2.46 bits per heavy atom. The van der Waals surface area contributed by atoms with Crippen LogP contribution in [-0.2, 0) is 4.79 Å². The molecule has 1 heterocycles. The maximum atomic E-state index is 13.5. The van der Waals surface area contributed by atoms with Gasteiger partial charge in [-0.3, -0.25) is 9.59 Å². The molecule has 7 nitrogen and oxygen atoms in total. The molecule has 182 valence electrons. The number of rotatable bonds is 7. The van der Waals surface area contributed by atoms with Gasteiger partial charge in [0.25, 0.3) is 11.8 Å². The lowest BCUT2D eigenvalue weighted by molar-refractivity contribution is -0.118. The number of nitrogens with one attached hydrogen (secondary N) is 1. The Morgan fingerprint density at radius 1 is 1.00 bits per heavy atom. The van der Waals surface area contributed by atoms with Gasteiger partial charge in [-0.1, -0.05) is 30.3 Å². The van der Waals surface area contributed by atoms with Gasteiger partial charge in [0.2, 0.25) is 0 Å². The number of piperazine rings is 1. The first-order chi connectivity index (χ1) is 16.9. The average Bonchev–Trinajstić information content (AvgIpc) is 2.88. The first-order valence-corrected chi connectivity index (χ1v) is 11.4. The van der Waals surface area contributed by atoms with Gasteiger partial charge in [0.15, 0.2) is 18.1 Å². The van der Waals surface area contributed by atoms with Gasteiger partial charge in [-0.05, 0) is 55.1 Å². The molecule has 0 unspecified atom stereocenters. The molecule has 0 spiro atoms. The van der Waals surface area contributed by atoms with Crippen LogP contribution in [0, 0.1) is 5.82 Å². The zero-order chi connectivity index (χ0) is 24.8. The molecule has 1 saturated heterocycles. The number of benzene rings is 3. The lowest BCUT2D eigenvalue weighted by Crippen LogP contribution is -2.49. The van der Waals surface area contributed by atoms with Crippen LogP contribution in [0.5, 0.6) is 11.5 Å². The summed E-state index contributed by atoms with van der Waals surface area (Å²) < 4.78 is 24.1. The van der Waals surface area contributed by atoms with Crippen molar-refractivity contribution in [1.29, 1.82) is 0 Å². The van der Waals surface area contributed by atoms with Gasteiger partial charge in [-0.2, -0.15) is 0 Å². The van der Waals surface area contributed by atoms with Crippen LogP contribution >= 0.6 is 0 Å². The van der Waals surface area contributed by atoms with Crippen molar-refractivity contribution in [1.82, 2.24) is 9.80 Å². The number of carbonyl (C=O) groups excluding carboxylic acids is 2. The molecule has 0 radical (unpaired) electrons. The zero-order valence-corrected chi connectivity index (χ0v) is 19.7. The van der Waals surface area contributed by atoms with Crippen molar-refractivity contribution in [2.45, 2.75) is 6.04 Å². The second-order valence-electron chi connectivity index (χ2n) is 8.40. The minimum atomic E-state index is -0.401. The minimum Gasteiger partial charge on any atom is -0.493 e. The monoisotopic (exact) mass is 477 g/mol. The van der Waals surface area contributed by atoms with E-state index in [2.05, 4.69) is 17.3 Å². The molecule has 35 heavy (non-hydrogen) atoms. The quantitative estimate of drug-likeness (QED) is 0.558. The largest absolute Gasteiger partial charge is 0.493 e. The molecule has 0 aliphatic carbocycles. The number of methoxy groups -OCH3 is 1. The highest BCUT2D eigenvalue weighted by molar-refractivity contribution is 5.95. The molecule has 0 bridgehead atoms. The van der Waals surface area contributed by atoms with Crippen LogP contribution in [0.25, 0.3) is 0 Å². The van der Waals surface area contributed by atoms with Gasteiger partial charge in [0.1, 0.15) is 5.82 Å². The maximum Gasteiger partial charge on any atom is 0.262 e. The van der Waals surface area contributed by atoms with Crippen LogP contribution in [-0.4, -0.2) is 62.0 Å². The summed E-state index contributed by atoms with van der Waals surface area (Å²) in [5.74, 6) is -0.176. The number of likely N-dealkylation sites (N-methyl/N-ethyl adjacent to an activating group) is 1. The fraction of sp³-hybridized carbons (Fsp3) is 0.259. The number of ether oxygens (including phenoxy) is 2. The fourth-order valence-corrected chi connectivity index (χ4v) is 4.08. The summed E-state index contributed by atoms with van der Waals surface area (Å²) in [6, 6.07) is 20.4. The Bertz CT molecular complexity index is 1170. The highest BCUT2D eigenvalue weighted by Gasteiger charge is 2.31. The normalized spacial score (nSPS) is 16.0. The number of amides is 2. The maximum absolute atomic E-state index is 13.5. The Hall–Kier alpha value is -3.91. The summed E-state index contributed by atoms with van der Waals surface area (Å²) in [6.45, 7) is 1.88. The molecule has 0 aromatic heterocycles. The summed E-state index contributed by atoms with van der Waals surface area (Å²) in [5, 5.41) is 2.64. The van der Waals surface area contributed by atoms with E-state index in [1.807, 2.05) is 35.2 Å². The average molecular weight is 478 g/mol. The van der Waals surface area contributed by atoms with E-state index < -0.39 is 5.91 Å². The Balaban J connectivity index is 1.45. The third-order valence-corrected chi connectivity index (χ3v) is 5.93. The molecule has 1 aliphatic rings. The molecule has 1 N–H and O–H groups in total. The first kappa shape index (κ1) is 24.2. The van der Waals surface area contributed by atoms with Crippen LogP contribution in [0.4, 0.5) is 10.1 Å². The lowest BCUT2D eigenvalue weighted by Gasteiger charge is -2.40. The number of hydrogen-bond acceptors (Lipinski definition) is 5. The third kappa shape index (κ3) is 5.96. The van der Waals surface area contributed by atoms with Gasteiger partial charge in [0, 0.05) is 30.9 Å². The number of nitrogens with zero attached hydrogens (tertiary/aromatic N) is 2. The molecular formula is C27H28FN3O4. The second kappa shape index (κ2) is 11.0. The zero-order valence-electron chi connectivity index (χ0n) is 19.7. The molecule has 3 aromatic carbocycles. The summed E-state index contributed by atoms with van der Waals surface area (Å²) in [7, 11) is 3.54. The predicted octanol–water partition coefficient (Wildman–Crippen LogP) is 3.98. The highest BCUT2D eigenvalue weighted by Crippen LogP contribution is 2.31. The number of halogens is 1. The van der Waals surface area contributed by atoms with E-state index >= 15 is 0 Å². The molecule has 1 atom stereocenters. The minimum absolute atomic E-state index is 0.0560. The lowest BCUT2D eigenvalue weighted by atomic mass is 10.0. The first-order valence-electron chi connectivity index (χ1n) is 11.4. The molecule has 2 amide bonds. The Morgan fingerprint density at radius 2 is 1.74 bits per heavy atom. The molecule has 4 rings (SSSR count). The van der Waals surface area contributed by atoms with Crippen molar-refractivity contribution in [2.75, 3.05) is 45.7 Å². The van der Waals surface area contributed by atoms with Gasteiger partial charge in [0.05, 0.1) is 13.2 Å². The van der Waals surface area contributed by atoms with Crippen LogP contribution in [0.2, 0.25) is 0 Å². The fourth-order valence-electron chi connectivity index (χ4n) is 4.08. The molecule has 1 aliphatic heterocycles. The van der Waals surface area contributed by atoms with Crippen molar-refractivity contribution in [3.63, 3.8) is 0 Å². The Kier molecular flexibility index (Phi) is 7.62.